The van der Waals surface area contributed by atoms with Gasteiger partial charge in [0.2, 0.25) is 0 Å². The average molecular weight is 478 g/mol. The zero-order valence-electron chi connectivity index (χ0n) is 22.8. The van der Waals surface area contributed by atoms with Gasteiger partial charge < -0.3 is 9.31 Å². The molecule has 186 valence electrons. The molecule has 0 N–H and O–H groups in total. The molecule has 1 heterocycles. The molecule has 36 heavy (non-hydrogen) atoms. The van der Waals surface area contributed by atoms with Gasteiger partial charge in [-0.05, 0) is 85.6 Å². The van der Waals surface area contributed by atoms with Gasteiger partial charge in [-0.15, -0.1) is 0 Å². The maximum atomic E-state index is 6.27. The van der Waals surface area contributed by atoms with Crippen LogP contribution in [0.4, 0.5) is 0 Å². The molecule has 0 amide bonds. The summed E-state index contributed by atoms with van der Waals surface area (Å²) in [5.41, 5.74) is 6.98. The van der Waals surface area contributed by atoms with Crippen LogP contribution in [0.3, 0.4) is 0 Å². The van der Waals surface area contributed by atoms with Gasteiger partial charge >= 0.3 is 7.12 Å². The van der Waals surface area contributed by atoms with Crippen molar-refractivity contribution in [2.24, 2.45) is 0 Å². The summed E-state index contributed by atoms with van der Waals surface area (Å²) >= 11 is 0. The lowest BCUT2D eigenvalue weighted by molar-refractivity contribution is 0.00578. The quantitative estimate of drug-likeness (QED) is 0.262. The lowest BCUT2D eigenvalue weighted by Crippen LogP contribution is -2.41. The smallest absolute Gasteiger partial charge is 0.399 e. The van der Waals surface area contributed by atoms with Crippen molar-refractivity contribution in [1.82, 2.24) is 0 Å². The maximum Gasteiger partial charge on any atom is 0.494 e. The molecule has 0 saturated carbocycles. The van der Waals surface area contributed by atoms with Crippen LogP contribution in [0.2, 0.25) is 0 Å². The van der Waals surface area contributed by atoms with Crippen molar-refractivity contribution in [1.29, 1.82) is 0 Å². The molecule has 0 atom stereocenters. The van der Waals surface area contributed by atoms with E-state index in [4.69, 9.17) is 9.31 Å². The van der Waals surface area contributed by atoms with Crippen LogP contribution >= 0.6 is 0 Å². The van der Waals surface area contributed by atoms with E-state index in [2.05, 4.69) is 113 Å². The summed E-state index contributed by atoms with van der Waals surface area (Å²) in [4.78, 5) is 0. The summed E-state index contributed by atoms with van der Waals surface area (Å²) < 4.78 is 12.5. The lowest BCUT2D eigenvalue weighted by Gasteiger charge is -2.32. The first-order valence-electron chi connectivity index (χ1n) is 12.9. The Labute approximate surface area is 218 Å². The van der Waals surface area contributed by atoms with Crippen LogP contribution in [0, 0.1) is 0 Å². The summed E-state index contributed by atoms with van der Waals surface area (Å²) in [6, 6.07) is 27.3. The third-order valence-corrected chi connectivity index (χ3v) is 6.76. The van der Waals surface area contributed by atoms with Gasteiger partial charge in [0, 0.05) is 0 Å². The van der Waals surface area contributed by atoms with Gasteiger partial charge in [-0.3, -0.25) is 0 Å². The SMILES string of the molecule is C=C(/C=C(\C=C/C)c1cccc(-c2cccc(B3OC(C)(C)C(C)(C)O3)c2)c1)c1ccccc1.CC. The summed E-state index contributed by atoms with van der Waals surface area (Å²) in [5, 5.41) is 0. The molecule has 0 aromatic heterocycles. The van der Waals surface area contributed by atoms with Crippen LogP contribution in [-0.2, 0) is 9.31 Å². The van der Waals surface area contributed by atoms with Gasteiger partial charge in [0.15, 0.2) is 0 Å². The second-order valence-corrected chi connectivity index (χ2v) is 9.79. The predicted octanol–water partition coefficient (Wildman–Crippen LogP) is 8.35. The largest absolute Gasteiger partial charge is 0.494 e. The maximum absolute atomic E-state index is 6.27. The van der Waals surface area contributed by atoms with Crippen molar-refractivity contribution in [3.05, 3.63) is 115 Å². The van der Waals surface area contributed by atoms with Gasteiger partial charge in [0.1, 0.15) is 0 Å². The van der Waals surface area contributed by atoms with Crippen molar-refractivity contribution in [2.75, 3.05) is 0 Å². The first-order valence-corrected chi connectivity index (χ1v) is 12.9. The minimum absolute atomic E-state index is 0.360. The molecule has 1 aliphatic rings. The number of benzene rings is 3. The number of hydrogen-bond donors (Lipinski definition) is 0. The summed E-state index contributed by atoms with van der Waals surface area (Å²) in [6.45, 7) is 18.7. The van der Waals surface area contributed by atoms with E-state index < -0.39 is 0 Å². The molecule has 0 unspecified atom stereocenters. The molecule has 3 aromatic rings. The van der Waals surface area contributed by atoms with Gasteiger partial charge in [-0.2, -0.15) is 0 Å². The fourth-order valence-corrected chi connectivity index (χ4v) is 4.05. The molecule has 3 heteroatoms. The minimum Gasteiger partial charge on any atom is -0.399 e. The van der Waals surface area contributed by atoms with E-state index in [1.165, 1.54) is 0 Å². The number of allylic oxidation sites excluding steroid dienone is 5. The molecule has 1 fully saturated rings. The third kappa shape index (κ3) is 6.16. The molecule has 1 aliphatic heterocycles. The standard InChI is InChI=1S/C31H33BO2.C2H6/c1-7-13-25(20-23(2)24-14-9-8-10-15-24)26-16-11-17-27(21-26)28-18-12-19-29(22-28)32-33-30(3,4)31(5,6)34-32;1-2/h7-22H,2H2,1,3-6H3;1-2H3/b13-7-,25-20+;. The van der Waals surface area contributed by atoms with E-state index in [9.17, 15) is 0 Å². The Bertz CT molecular complexity index is 1220. The summed E-state index contributed by atoms with van der Waals surface area (Å²) in [5.74, 6) is 0. The Hall–Kier alpha value is -3.14. The Morgan fingerprint density at radius 3 is 1.92 bits per heavy atom. The number of hydrogen-bond acceptors (Lipinski definition) is 2. The zero-order chi connectivity index (χ0) is 26.3. The highest BCUT2D eigenvalue weighted by Gasteiger charge is 2.51. The zero-order valence-corrected chi connectivity index (χ0v) is 22.8. The van der Waals surface area contributed by atoms with Gasteiger partial charge in [-0.1, -0.05) is 105 Å². The van der Waals surface area contributed by atoms with Gasteiger partial charge in [0.05, 0.1) is 11.2 Å². The Balaban J connectivity index is 0.00000176. The predicted molar refractivity (Wildman–Crippen MR) is 157 cm³/mol. The normalized spacial score (nSPS) is 16.5. The highest BCUT2D eigenvalue weighted by atomic mass is 16.7. The minimum atomic E-state index is -0.374. The monoisotopic (exact) mass is 478 g/mol. The topological polar surface area (TPSA) is 18.5 Å². The molecule has 0 spiro atoms. The van der Waals surface area contributed by atoms with Crippen LogP contribution in [0.15, 0.2) is 104 Å². The summed E-state index contributed by atoms with van der Waals surface area (Å²) in [7, 11) is -0.374. The highest BCUT2D eigenvalue weighted by Crippen LogP contribution is 2.36. The van der Waals surface area contributed by atoms with Crippen LogP contribution in [0.5, 0.6) is 0 Å². The first-order chi connectivity index (χ1) is 17.2. The lowest BCUT2D eigenvalue weighted by atomic mass is 9.78. The van der Waals surface area contributed by atoms with Crippen molar-refractivity contribution in [3.63, 3.8) is 0 Å². The van der Waals surface area contributed by atoms with E-state index in [1.807, 2.05) is 39.0 Å². The van der Waals surface area contributed by atoms with E-state index in [1.54, 1.807) is 0 Å². The second-order valence-electron chi connectivity index (χ2n) is 9.79. The molecule has 1 saturated heterocycles. The molecule has 0 bridgehead atoms. The van der Waals surface area contributed by atoms with Crippen LogP contribution in [0.1, 0.15) is 59.6 Å². The van der Waals surface area contributed by atoms with E-state index in [-0.39, 0.29) is 18.3 Å². The van der Waals surface area contributed by atoms with Crippen molar-refractivity contribution < 1.29 is 9.31 Å². The molecular weight excluding hydrogens is 439 g/mol. The second kappa shape index (κ2) is 11.7. The van der Waals surface area contributed by atoms with Gasteiger partial charge in [-0.25, -0.2) is 0 Å². The fraction of sp³-hybridized carbons (Fsp3) is 0.273. The van der Waals surface area contributed by atoms with E-state index >= 15 is 0 Å². The first kappa shape index (κ1) is 27.5. The Morgan fingerprint density at radius 1 is 0.750 bits per heavy atom. The van der Waals surface area contributed by atoms with Crippen molar-refractivity contribution in [2.45, 2.75) is 59.7 Å². The molecule has 4 rings (SSSR count). The highest BCUT2D eigenvalue weighted by molar-refractivity contribution is 6.62. The average Bonchev–Trinajstić information content (AvgIpc) is 3.12. The molecule has 3 aromatic carbocycles. The fourth-order valence-electron chi connectivity index (χ4n) is 4.05. The molecular formula is C33H39BO2. The molecule has 2 nitrogen and oxygen atoms in total. The molecule has 0 aliphatic carbocycles. The van der Waals surface area contributed by atoms with E-state index in [0.29, 0.717) is 0 Å². The van der Waals surface area contributed by atoms with Crippen molar-refractivity contribution >= 4 is 23.7 Å². The summed E-state index contributed by atoms with van der Waals surface area (Å²) in [6.07, 6.45) is 6.35. The van der Waals surface area contributed by atoms with E-state index in [0.717, 1.165) is 38.9 Å². The Morgan fingerprint density at radius 2 is 1.31 bits per heavy atom. The molecule has 0 radical (unpaired) electrons. The van der Waals surface area contributed by atoms with Crippen LogP contribution in [-0.4, -0.2) is 18.3 Å². The third-order valence-electron chi connectivity index (χ3n) is 6.76. The van der Waals surface area contributed by atoms with Crippen LogP contribution < -0.4 is 5.46 Å². The van der Waals surface area contributed by atoms with Crippen molar-refractivity contribution in [3.8, 4) is 11.1 Å². The number of rotatable bonds is 6. The Kier molecular flexibility index (Phi) is 8.95. The van der Waals surface area contributed by atoms with Gasteiger partial charge in [0.25, 0.3) is 0 Å². The van der Waals surface area contributed by atoms with Crippen LogP contribution in [0.25, 0.3) is 22.3 Å².